The molecule has 1 N–H and O–H groups in total. The van der Waals surface area contributed by atoms with Crippen molar-refractivity contribution in [1.82, 2.24) is 0 Å². The molecule has 0 heterocycles. The average molecular weight is 397 g/mol. The van der Waals surface area contributed by atoms with Crippen LogP contribution in [0.3, 0.4) is 0 Å². The minimum Gasteiger partial charge on any atom is -0.322 e. The van der Waals surface area contributed by atoms with E-state index in [1.165, 1.54) is 0 Å². The molecule has 0 unspecified atom stereocenters. The van der Waals surface area contributed by atoms with Crippen molar-refractivity contribution in [1.29, 1.82) is 5.26 Å². The van der Waals surface area contributed by atoms with Crippen LogP contribution < -0.4 is 5.32 Å². The van der Waals surface area contributed by atoms with Crippen LogP contribution in [0.4, 0.5) is 5.69 Å². The predicted molar refractivity (Wildman–Crippen MR) is 87.9 cm³/mol. The molecule has 2 aromatic rings. The topological polar surface area (TPSA) is 52.9 Å². The van der Waals surface area contributed by atoms with E-state index >= 15 is 0 Å². The monoisotopic (exact) mass is 396 g/mol. The van der Waals surface area contributed by atoms with Gasteiger partial charge in [-0.1, -0.05) is 23.7 Å². The molecule has 0 bridgehead atoms. The zero-order valence-electron chi connectivity index (χ0n) is 10.4. The second-order valence-electron chi connectivity index (χ2n) is 4.11. The molecule has 1 amide bonds. The van der Waals surface area contributed by atoms with Gasteiger partial charge in [-0.25, -0.2) is 0 Å². The quantitative estimate of drug-likeness (QED) is 0.788. The van der Waals surface area contributed by atoms with Gasteiger partial charge < -0.3 is 5.32 Å². The van der Waals surface area contributed by atoms with Gasteiger partial charge in [0.1, 0.15) is 0 Å². The van der Waals surface area contributed by atoms with Crippen LogP contribution in [0.2, 0.25) is 5.02 Å². The number of carbonyl (C=O) groups is 1. The summed E-state index contributed by atoms with van der Waals surface area (Å²) in [6.07, 6.45) is 0.365. The minimum absolute atomic E-state index is 0.187. The summed E-state index contributed by atoms with van der Waals surface area (Å²) in [5.74, 6) is -0.187. The van der Waals surface area contributed by atoms with E-state index in [1.54, 1.807) is 30.3 Å². The standard InChI is InChI=1S/C15H10ClIN2O/c16-13-6-3-11(9-14(13)17)15(20)19-12-4-1-10(2-5-12)7-8-18/h1-6,9H,7H2,(H,19,20). The summed E-state index contributed by atoms with van der Waals surface area (Å²) in [5, 5.41) is 12.0. The van der Waals surface area contributed by atoms with E-state index < -0.39 is 0 Å². The molecule has 0 atom stereocenters. The summed E-state index contributed by atoms with van der Waals surface area (Å²) in [4.78, 5) is 12.1. The summed E-state index contributed by atoms with van der Waals surface area (Å²) < 4.78 is 0.835. The number of amides is 1. The van der Waals surface area contributed by atoms with E-state index in [-0.39, 0.29) is 5.91 Å². The molecule has 0 spiro atoms. The highest BCUT2D eigenvalue weighted by atomic mass is 127. The first kappa shape index (κ1) is 14.8. The van der Waals surface area contributed by atoms with Crippen LogP contribution in [0.5, 0.6) is 0 Å². The van der Waals surface area contributed by atoms with Gasteiger partial charge in [0.15, 0.2) is 0 Å². The molecular formula is C15H10ClIN2O. The van der Waals surface area contributed by atoms with Crippen molar-refractivity contribution >= 4 is 45.8 Å². The predicted octanol–water partition coefficient (Wildman–Crippen LogP) is 4.26. The molecule has 0 aliphatic heterocycles. The molecule has 20 heavy (non-hydrogen) atoms. The van der Waals surface area contributed by atoms with Crippen LogP contribution in [-0.4, -0.2) is 5.91 Å². The zero-order chi connectivity index (χ0) is 14.5. The lowest BCUT2D eigenvalue weighted by Gasteiger charge is -2.06. The van der Waals surface area contributed by atoms with Crippen molar-refractivity contribution in [2.24, 2.45) is 0 Å². The van der Waals surface area contributed by atoms with Gasteiger partial charge in [0, 0.05) is 14.8 Å². The largest absolute Gasteiger partial charge is 0.322 e. The maximum Gasteiger partial charge on any atom is 0.255 e. The molecule has 0 aromatic heterocycles. The molecule has 0 saturated carbocycles. The number of nitriles is 1. The maximum absolute atomic E-state index is 12.1. The Morgan fingerprint density at radius 3 is 2.55 bits per heavy atom. The number of anilines is 1. The Kier molecular flexibility index (Phi) is 4.99. The molecule has 2 aromatic carbocycles. The van der Waals surface area contributed by atoms with Gasteiger partial charge in [0.2, 0.25) is 0 Å². The van der Waals surface area contributed by atoms with Crippen LogP contribution in [0, 0.1) is 14.9 Å². The fraction of sp³-hybridized carbons (Fsp3) is 0.0667. The number of halogens is 2. The number of rotatable bonds is 3. The first-order valence-electron chi connectivity index (χ1n) is 5.82. The van der Waals surface area contributed by atoms with Gasteiger partial charge in [-0.2, -0.15) is 5.26 Å². The SMILES string of the molecule is N#CCc1ccc(NC(=O)c2ccc(Cl)c(I)c2)cc1. The molecule has 0 saturated heterocycles. The number of nitrogens with zero attached hydrogens (tertiary/aromatic N) is 1. The second-order valence-corrected chi connectivity index (χ2v) is 5.68. The van der Waals surface area contributed by atoms with Crippen LogP contribution in [0.1, 0.15) is 15.9 Å². The lowest BCUT2D eigenvalue weighted by atomic mass is 10.1. The van der Waals surface area contributed by atoms with Crippen molar-refractivity contribution in [3.05, 3.63) is 62.2 Å². The fourth-order valence-corrected chi connectivity index (χ4v) is 2.27. The van der Waals surface area contributed by atoms with E-state index in [0.29, 0.717) is 22.7 Å². The number of benzene rings is 2. The molecular weight excluding hydrogens is 387 g/mol. The van der Waals surface area contributed by atoms with Crippen molar-refractivity contribution in [3.8, 4) is 6.07 Å². The second kappa shape index (κ2) is 6.73. The Labute approximate surface area is 135 Å². The van der Waals surface area contributed by atoms with E-state index in [4.69, 9.17) is 16.9 Å². The van der Waals surface area contributed by atoms with Crippen molar-refractivity contribution in [3.63, 3.8) is 0 Å². The normalized spacial score (nSPS) is 9.85. The highest BCUT2D eigenvalue weighted by molar-refractivity contribution is 14.1. The van der Waals surface area contributed by atoms with Crippen molar-refractivity contribution in [2.75, 3.05) is 5.32 Å². The van der Waals surface area contributed by atoms with Gasteiger partial charge in [-0.3, -0.25) is 4.79 Å². The first-order valence-corrected chi connectivity index (χ1v) is 7.28. The van der Waals surface area contributed by atoms with Gasteiger partial charge in [-0.15, -0.1) is 0 Å². The summed E-state index contributed by atoms with van der Waals surface area (Å²) >= 11 is 8.01. The lowest BCUT2D eigenvalue weighted by Crippen LogP contribution is -2.12. The van der Waals surface area contributed by atoms with Crippen LogP contribution >= 0.6 is 34.2 Å². The smallest absolute Gasteiger partial charge is 0.255 e. The van der Waals surface area contributed by atoms with Crippen LogP contribution in [0.15, 0.2) is 42.5 Å². The van der Waals surface area contributed by atoms with Crippen molar-refractivity contribution < 1.29 is 4.79 Å². The van der Waals surface area contributed by atoms with Crippen molar-refractivity contribution in [2.45, 2.75) is 6.42 Å². The summed E-state index contributed by atoms with van der Waals surface area (Å²) in [6, 6.07) is 14.4. The third kappa shape index (κ3) is 3.71. The molecule has 5 heteroatoms. The van der Waals surface area contributed by atoms with E-state index in [1.807, 2.05) is 12.1 Å². The molecule has 0 fully saturated rings. The van der Waals surface area contributed by atoms with Gasteiger partial charge in [0.25, 0.3) is 5.91 Å². The molecule has 0 aliphatic rings. The Balaban J connectivity index is 2.11. The molecule has 100 valence electrons. The Morgan fingerprint density at radius 1 is 1.25 bits per heavy atom. The minimum atomic E-state index is -0.187. The maximum atomic E-state index is 12.1. The molecule has 3 nitrogen and oxygen atoms in total. The Hall–Kier alpha value is -1.58. The molecule has 0 aliphatic carbocycles. The molecule has 2 rings (SSSR count). The van der Waals surface area contributed by atoms with Gasteiger partial charge in [-0.05, 0) is 58.5 Å². The third-order valence-electron chi connectivity index (χ3n) is 2.68. The van der Waals surface area contributed by atoms with E-state index in [0.717, 1.165) is 9.13 Å². The summed E-state index contributed by atoms with van der Waals surface area (Å²) in [6.45, 7) is 0. The lowest BCUT2D eigenvalue weighted by molar-refractivity contribution is 0.102. The first-order chi connectivity index (χ1) is 9.60. The Bertz CT molecular complexity index is 677. The van der Waals surface area contributed by atoms with E-state index in [2.05, 4.69) is 34.0 Å². The fourth-order valence-electron chi connectivity index (χ4n) is 1.64. The number of carbonyl (C=O) groups excluding carboxylic acids is 1. The van der Waals surface area contributed by atoms with Crippen LogP contribution in [-0.2, 0) is 6.42 Å². The summed E-state index contributed by atoms with van der Waals surface area (Å²) in [5.41, 5.74) is 2.17. The number of hydrogen-bond acceptors (Lipinski definition) is 2. The van der Waals surface area contributed by atoms with Crippen LogP contribution in [0.25, 0.3) is 0 Å². The zero-order valence-corrected chi connectivity index (χ0v) is 13.3. The van der Waals surface area contributed by atoms with Gasteiger partial charge in [0.05, 0.1) is 17.5 Å². The summed E-state index contributed by atoms with van der Waals surface area (Å²) in [7, 11) is 0. The molecule has 0 radical (unpaired) electrons. The number of hydrogen-bond donors (Lipinski definition) is 1. The number of nitrogens with one attached hydrogen (secondary N) is 1. The highest BCUT2D eigenvalue weighted by Gasteiger charge is 2.08. The average Bonchev–Trinajstić information content (AvgIpc) is 2.44. The Morgan fingerprint density at radius 2 is 1.95 bits per heavy atom. The highest BCUT2D eigenvalue weighted by Crippen LogP contribution is 2.20. The third-order valence-corrected chi connectivity index (χ3v) is 4.22. The van der Waals surface area contributed by atoms with E-state index in [9.17, 15) is 4.79 Å². The van der Waals surface area contributed by atoms with Gasteiger partial charge >= 0.3 is 0 Å².